The van der Waals surface area contributed by atoms with Crippen LogP contribution in [0.4, 0.5) is 0 Å². The van der Waals surface area contributed by atoms with Gasteiger partial charge < -0.3 is 9.84 Å². The molecule has 2 heterocycles. The molecule has 3 aromatic rings. The molecule has 1 N–H and O–H groups in total. The van der Waals surface area contributed by atoms with Crippen molar-refractivity contribution in [3.8, 4) is 11.4 Å². The average molecular weight is 497 g/mol. The summed E-state index contributed by atoms with van der Waals surface area (Å²) in [6.45, 7) is 8.40. The lowest BCUT2D eigenvalue weighted by Gasteiger charge is -2.31. The van der Waals surface area contributed by atoms with Crippen LogP contribution in [-0.2, 0) is 11.3 Å². The Balaban J connectivity index is 1.35. The smallest absolute Gasteiger partial charge is 0.241 e. The number of carbonyl (C=O) groups is 1. The van der Waals surface area contributed by atoms with Crippen molar-refractivity contribution < 1.29 is 9.32 Å². The lowest BCUT2D eigenvalue weighted by atomic mass is 9.95. The van der Waals surface area contributed by atoms with E-state index in [-0.39, 0.29) is 17.9 Å². The monoisotopic (exact) mass is 496 g/mol. The van der Waals surface area contributed by atoms with Gasteiger partial charge in [-0.25, -0.2) is 0 Å². The van der Waals surface area contributed by atoms with Gasteiger partial charge in [-0.1, -0.05) is 44.8 Å². The fourth-order valence-corrected chi connectivity index (χ4v) is 4.54. The number of aromatic nitrogens is 2. The Morgan fingerprint density at radius 2 is 2.03 bits per heavy atom. The van der Waals surface area contributed by atoms with E-state index in [1.54, 1.807) is 0 Å². The molecule has 1 aromatic heterocycles. The molecule has 0 saturated carbocycles. The molecule has 0 bridgehead atoms. The molecule has 2 aromatic carbocycles. The minimum Gasteiger partial charge on any atom is -0.349 e. The van der Waals surface area contributed by atoms with Gasteiger partial charge >= 0.3 is 0 Å². The Kier molecular flexibility index (Phi) is 7.06. The average Bonchev–Trinajstić information content (AvgIpc) is 3.24. The molecule has 32 heavy (non-hydrogen) atoms. The molecule has 168 valence electrons. The zero-order valence-corrected chi connectivity index (χ0v) is 20.4. The van der Waals surface area contributed by atoms with Crippen molar-refractivity contribution in [1.29, 1.82) is 0 Å². The molecule has 1 aliphatic heterocycles. The number of carbonyl (C=O) groups excluding carboxylic acids is 1. The van der Waals surface area contributed by atoms with Crippen molar-refractivity contribution in [2.45, 2.75) is 46.2 Å². The maximum atomic E-state index is 13.0. The third-order valence-electron chi connectivity index (χ3n) is 6.07. The van der Waals surface area contributed by atoms with Gasteiger partial charge in [-0.05, 0) is 75.5 Å². The second-order valence-electron chi connectivity index (χ2n) is 8.68. The number of benzene rings is 2. The van der Waals surface area contributed by atoms with Crippen molar-refractivity contribution in [2.24, 2.45) is 5.92 Å². The molecule has 0 aliphatic carbocycles. The number of rotatable bonds is 6. The maximum Gasteiger partial charge on any atom is 0.241 e. The normalized spacial score (nSPS) is 17.8. The highest BCUT2D eigenvalue weighted by Crippen LogP contribution is 2.24. The van der Waals surface area contributed by atoms with Crippen LogP contribution in [0.25, 0.3) is 11.4 Å². The van der Waals surface area contributed by atoms with E-state index in [1.807, 2.05) is 24.3 Å². The summed E-state index contributed by atoms with van der Waals surface area (Å²) in [6.07, 6.45) is 1.87. The SMILES string of the molecule is Cc1ccc(C)c(C(C)NC(=O)C2CCCN(Cc3nc(-c4ccc(Br)cc4)no3)C2)c1. The summed E-state index contributed by atoms with van der Waals surface area (Å²) < 4.78 is 6.49. The first-order valence-electron chi connectivity index (χ1n) is 11.1. The van der Waals surface area contributed by atoms with Crippen LogP contribution in [0.1, 0.15) is 48.4 Å². The number of nitrogens with one attached hydrogen (secondary N) is 1. The zero-order chi connectivity index (χ0) is 22.7. The van der Waals surface area contributed by atoms with Crippen molar-refractivity contribution in [3.63, 3.8) is 0 Å². The summed E-state index contributed by atoms with van der Waals surface area (Å²) in [4.78, 5) is 19.8. The Labute approximate surface area is 197 Å². The van der Waals surface area contributed by atoms with Gasteiger partial charge in [0.25, 0.3) is 0 Å². The van der Waals surface area contributed by atoms with Gasteiger partial charge in [0.2, 0.25) is 17.6 Å². The maximum absolute atomic E-state index is 13.0. The molecule has 2 atom stereocenters. The zero-order valence-electron chi connectivity index (χ0n) is 18.8. The van der Waals surface area contributed by atoms with Crippen molar-refractivity contribution in [1.82, 2.24) is 20.4 Å². The Hall–Kier alpha value is -2.51. The van der Waals surface area contributed by atoms with Crippen LogP contribution in [0.2, 0.25) is 0 Å². The molecule has 0 radical (unpaired) electrons. The molecule has 1 aliphatic rings. The summed E-state index contributed by atoms with van der Waals surface area (Å²) in [5, 5.41) is 7.34. The topological polar surface area (TPSA) is 71.3 Å². The number of aryl methyl sites for hydroxylation is 2. The lowest BCUT2D eigenvalue weighted by molar-refractivity contribution is -0.127. The van der Waals surface area contributed by atoms with E-state index in [1.165, 1.54) is 16.7 Å². The predicted octanol–water partition coefficient (Wildman–Crippen LogP) is 5.21. The molecule has 2 unspecified atom stereocenters. The number of piperidine rings is 1. The van der Waals surface area contributed by atoms with Gasteiger partial charge in [0.1, 0.15) is 0 Å². The predicted molar refractivity (Wildman–Crippen MR) is 128 cm³/mol. The van der Waals surface area contributed by atoms with Gasteiger partial charge in [0, 0.05) is 16.6 Å². The standard InChI is InChI=1S/C25H29BrN4O2/c1-16-6-7-17(2)22(13-16)18(3)27-25(31)20-5-4-12-30(14-20)15-23-28-24(29-32-23)19-8-10-21(26)11-9-19/h6-11,13,18,20H,4-5,12,14-15H2,1-3H3,(H,27,31). The van der Waals surface area contributed by atoms with Crippen LogP contribution in [0, 0.1) is 19.8 Å². The highest BCUT2D eigenvalue weighted by molar-refractivity contribution is 9.10. The Morgan fingerprint density at radius 3 is 2.81 bits per heavy atom. The number of hydrogen-bond donors (Lipinski definition) is 1. The molecule has 4 rings (SSSR count). The van der Waals surface area contributed by atoms with Crippen LogP contribution >= 0.6 is 15.9 Å². The van der Waals surface area contributed by atoms with Crippen molar-refractivity contribution in [2.75, 3.05) is 13.1 Å². The molecule has 7 heteroatoms. The van der Waals surface area contributed by atoms with E-state index in [0.29, 0.717) is 24.8 Å². The van der Waals surface area contributed by atoms with Gasteiger partial charge in [0.05, 0.1) is 18.5 Å². The first-order valence-corrected chi connectivity index (χ1v) is 11.9. The van der Waals surface area contributed by atoms with E-state index in [4.69, 9.17) is 4.52 Å². The fourth-order valence-electron chi connectivity index (χ4n) is 4.28. The highest BCUT2D eigenvalue weighted by atomic mass is 79.9. The van der Waals surface area contributed by atoms with Crippen molar-refractivity contribution >= 4 is 21.8 Å². The second-order valence-corrected chi connectivity index (χ2v) is 9.60. The summed E-state index contributed by atoms with van der Waals surface area (Å²) in [6, 6.07) is 14.2. The minimum absolute atomic E-state index is 0.0119. The minimum atomic E-state index is -0.0369. The van der Waals surface area contributed by atoms with E-state index in [2.05, 4.69) is 75.3 Å². The number of halogens is 1. The molecular formula is C25H29BrN4O2. The first kappa shape index (κ1) is 22.7. The number of amides is 1. The van der Waals surface area contributed by atoms with E-state index in [0.717, 1.165) is 29.4 Å². The third-order valence-corrected chi connectivity index (χ3v) is 6.59. The number of likely N-dealkylation sites (tertiary alicyclic amines) is 1. The van der Waals surface area contributed by atoms with Crippen LogP contribution in [0.3, 0.4) is 0 Å². The van der Waals surface area contributed by atoms with E-state index < -0.39 is 0 Å². The van der Waals surface area contributed by atoms with Gasteiger partial charge in [-0.15, -0.1) is 0 Å². The quantitative estimate of drug-likeness (QED) is 0.507. The number of nitrogens with zero attached hydrogens (tertiary/aromatic N) is 3. The third kappa shape index (κ3) is 5.45. The molecule has 0 spiro atoms. The molecule has 1 saturated heterocycles. The van der Waals surface area contributed by atoms with Crippen LogP contribution in [-0.4, -0.2) is 34.0 Å². The van der Waals surface area contributed by atoms with Gasteiger partial charge in [0.15, 0.2) is 0 Å². The fraction of sp³-hybridized carbons (Fsp3) is 0.400. The molecular weight excluding hydrogens is 468 g/mol. The molecule has 1 amide bonds. The summed E-state index contributed by atoms with van der Waals surface area (Å²) >= 11 is 3.44. The summed E-state index contributed by atoms with van der Waals surface area (Å²) in [5.41, 5.74) is 4.50. The van der Waals surface area contributed by atoms with Crippen molar-refractivity contribution in [3.05, 3.63) is 69.5 Å². The van der Waals surface area contributed by atoms with E-state index in [9.17, 15) is 4.79 Å². The second kappa shape index (κ2) is 9.96. The lowest BCUT2D eigenvalue weighted by Crippen LogP contribution is -2.43. The molecule has 1 fully saturated rings. The summed E-state index contributed by atoms with van der Waals surface area (Å²) in [5.74, 6) is 1.24. The summed E-state index contributed by atoms with van der Waals surface area (Å²) in [7, 11) is 0. The highest BCUT2D eigenvalue weighted by Gasteiger charge is 2.28. The Bertz CT molecular complexity index is 1080. The molecule has 6 nitrogen and oxygen atoms in total. The van der Waals surface area contributed by atoms with E-state index >= 15 is 0 Å². The van der Waals surface area contributed by atoms with Crippen LogP contribution in [0.5, 0.6) is 0 Å². The van der Waals surface area contributed by atoms with Crippen LogP contribution < -0.4 is 5.32 Å². The van der Waals surface area contributed by atoms with Gasteiger partial charge in [-0.3, -0.25) is 9.69 Å². The van der Waals surface area contributed by atoms with Gasteiger partial charge in [-0.2, -0.15) is 4.98 Å². The first-order chi connectivity index (χ1) is 15.4. The number of hydrogen-bond acceptors (Lipinski definition) is 5. The largest absolute Gasteiger partial charge is 0.349 e. The Morgan fingerprint density at radius 1 is 1.25 bits per heavy atom. The van der Waals surface area contributed by atoms with Crippen LogP contribution in [0.15, 0.2) is 51.5 Å².